The molecule has 0 bridgehead atoms. The van der Waals surface area contributed by atoms with E-state index in [0.29, 0.717) is 13.2 Å². The molecular formula is C11H14N2O3. The maximum absolute atomic E-state index is 11.7. The van der Waals surface area contributed by atoms with E-state index in [4.69, 9.17) is 15.2 Å². The summed E-state index contributed by atoms with van der Waals surface area (Å²) in [5, 5.41) is 0. The lowest BCUT2D eigenvalue weighted by Crippen LogP contribution is -2.56. The van der Waals surface area contributed by atoms with Gasteiger partial charge in [0.2, 0.25) is 0 Å². The number of carbonyl (C=O) groups excluding carboxylic acids is 1. The van der Waals surface area contributed by atoms with Crippen LogP contribution in [0, 0.1) is 5.41 Å². The van der Waals surface area contributed by atoms with E-state index in [0.717, 1.165) is 5.56 Å². The molecule has 1 atom stereocenters. The summed E-state index contributed by atoms with van der Waals surface area (Å²) in [7, 11) is 1.36. The number of esters is 1. The molecule has 1 unspecified atom stereocenters. The molecule has 0 saturated carbocycles. The van der Waals surface area contributed by atoms with E-state index in [1.54, 1.807) is 24.5 Å². The fourth-order valence-electron chi connectivity index (χ4n) is 1.84. The molecule has 1 aromatic heterocycles. The maximum atomic E-state index is 11.7. The number of methoxy groups -OCH3 is 1. The Bertz CT molecular complexity index is 376. The van der Waals surface area contributed by atoms with Crippen LogP contribution < -0.4 is 5.73 Å². The minimum absolute atomic E-state index is 0.309. The number of ether oxygens (including phenoxy) is 2. The average Bonchev–Trinajstić information content (AvgIpc) is 2.28. The highest BCUT2D eigenvalue weighted by atomic mass is 16.5. The molecule has 0 aliphatic carbocycles. The van der Waals surface area contributed by atoms with Gasteiger partial charge in [-0.2, -0.15) is 0 Å². The van der Waals surface area contributed by atoms with E-state index in [-0.39, 0.29) is 5.97 Å². The van der Waals surface area contributed by atoms with Crippen LogP contribution in [0.3, 0.4) is 0 Å². The first-order valence-corrected chi connectivity index (χ1v) is 5.02. The van der Waals surface area contributed by atoms with Gasteiger partial charge in [0.05, 0.1) is 26.4 Å². The molecule has 0 aromatic carbocycles. The molecule has 0 amide bonds. The molecule has 5 heteroatoms. The SMILES string of the molecule is COC(=O)C1(C(N)c2ccncc2)COC1. The Hall–Kier alpha value is -1.46. The van der Waals surface area contributed by atoms with Crippen LogP contribution in [0.1, 0.15) is 11.6 Å². The van der Waals surface area contributed by atoms with Gasteiger partial charge in [0, 0.05) is 12.4 Å². The third kappa shape index (κ3) is 1.58. The lowest BCUT2D eigenvalue weighted by molar-refractivity contribution is -0.188. The van der Waals surface area contributed by atoms with E-state index >= 15 is 0 Å². The number of hydrogen-bond acceptors (Lipinski definition) is 5. The van der Waals surface area contributed by atoms with E-state index < -0.39 is 11.5 Å². The van der Waals surface area contributed by atoms with Gasteiger partial charge in [-0.15, -0.1) is 0 Å². The van der Waals surface area contributed by atoms with Crippen molar-refractivity contribution in [1.82, 2.24) is 4.98 Å². The molecule has 86 valence electrons. The normalized spacial score (nSPS) is 19.6. The summed E-state index contributed by atoms with van der Waals surface area (Å²) in [4.78, 5) is 15.6. The predicted molar refractivity (Wildman–Crippen MR) is 56.4 cm³/mol. The Morgan fingerprint density at radius 3 is 2.62 bits per heavy atom. The zero-order chi connectivity index (χ0) is 11.6. The molecule has 16 heavy (non-hydrogen) atoms. The smallest absolute Gasteiger partial charge is 0.318 e. The molecule has 1 saturated heterocycles. The standard InChI is InChI=1S/C11H14N2O3/c1-15-10(14)11(6-16-7-11)9(12)8-2-4-13-5-3-8/h2-5,9H,6-7,12H2,1H3. The van der Waals surface area contributed by atoms with Gasteiger partial charge in [-0.25, -0.2) is 0 Å². The monoisotopic (exact) mass is 222 g/mol. The highest BCUT2D eigenvalue weighted by molar-refractivity contribution is 5.79. The summed E-state index contributed by atoms with van der Waals surface area (Å²) in [5.41, 5.74) is 6.23. The Balaban J connectivity index is 2.26. The van der Waals surface area contributed by atoms with E-state index in [9.17, 15) is 4.79 Å². The fourth-order valence-corrected chi connectivity index (χ4v) is 1.84. The Labute approximate surface area is 93.6 Å². The van der Waals surface area contributed by atoms with Crippen molar-refractivity contribution in [2.24, 2.45) is 11.1 Å². The van der Waals surface area contributed by atoms with Crippen molar-refractivity contribution in [3.8, 4) is 0 Å². The van der Waals surface area contributed by atoms with Crippen molar-refractivity contribution in [2.45, 2.75) is 6.04 Å². The summed E-state index contributed by atoms with van der Waals surface area (Å²) in [6.45, 7) is 0.617. The second-order valence-corrected chi connectivity index (χ2v) is 3.90. The molecule has 1 aromatic rings. The number of nitrogens with two attached hydrogens (primary N) is 1. The van der Waals surface area contributed by atoms with Crippen LogP contribution in [-0.2, 0) is 14.3 Å². The molecular weight excluding hydrogens is 208 g/mol. The summed E-state index contributed by atoms with van der Waals surface area (Å²) in [5.74, 6) is -0.317. The number of rotatable bonds is 3. The summed E-state index contributed by atoms with van der Waals surface area (Å²) in [6, 6.07) is 3.18. The van der Waals surface area contributed by atoms with Gasteiger partial charge >= 0.3 is 5.97 Å². The van der Waals surface area contributed by atoms with Crippen LogP contribution in [-0.4, -0.2) is 31.3 Å². The lowest BCUT2D eigenvalue weighted by atomic mass is 9.76. The van der Waals surface area contributed by atoms with E-state index in [1.807, 2.05) is 0 Å². The number of hydrogen-bond donors (Lipinski definition) is 1. The maximum Gasteiger partial charge on any atom is 0.318 e. The highest BCUT2D eigenvalue weighted by Gasteiger charge is 2.52. The van der Waals surface area contributed by atoms with Crippen molar-refractivity contribution in [2.75, 3.05) is 20.3 Å². The summed E-state index contributed by atoms with van der Waals surface area (Å²) < 4.78 is 9.89. The predicted octanol–water partition coefficient (Wildman–Crippen LogP) is 0.271. The van der Waals surface area contributed by atoms with Gasteiger partial charge in [-0.3, -0.25) is 9.78 Å². The van der Waals surface area contributed by atoms with Gasteiger partial charge in [0.1, 0.15) is 5.41 Å². The number of aromatic nitrogens is 1. The molecule has 1 aliphatic heterocycles. The van der Waals surface area contributed by atoms with Crippen molar-refractivity contribution >= 4 is 5.97 Å². The molecule has 2 heterocycles. The summed E-state index contributed by atoms with van der Waals surface area (Å²) >= 11 is 0. The minimum Gasteiger partial charge on any atom is -0.468 e. The van der Waals surface area contributed by atoms with Gasteiger partial charge < -0.3 is 15.2 Å². The summed E-state index contributed by atoms with van der Waals surface area (Å²) in [6.07, 6.45) is 3.30. The highest BCUT2D eigenvalue weighted by Crippen LogP contribution is 2.39. The number of nitrogens with zero attached hydrogens (tertiary/aromatic N) is 1. The van der Waals surface area contributed by atoms with Gasteiger partial charge in [0.15, 0.2) is 0 Å². The third-order valence-electron chi connectivity index (χ3n) is 2.97. The van der Waals surface area contributed by atoms with Crippen LogP contribution >= 0.6 is 0 Å². The first-order valence-electron chi connectivity index (χ1n) is 5.02. The van der Waals surface area contributed by atoms with Crippen LogP contribution in [0.5, 0.6) is 0 Å². The van der Waals surface area contributed by atoms with Crippen LogP contribution in [0.25, 0.3) is 0 Å². The van der Waals surface area contributed by atoms with Gasteiger partial charge in [-0.1, -0.05) is 0 Å². The Morgan fingerprint density at radius 1 is 1.56 bits per heavy atom. The molecule has 1 aliphatic rings. The van der Waals surface area contributed by atoms with E-state index in [2.05, 4.69) is 4.98 Å². The van der Waals surface area contributed by atoms with Crippen LogP contribution in [0.15, 0.2) is 24.5 Å². The Kier molecular flexibility index (Phi) is 2.89. The third-order valence-corrected chi connectivity index (χ3v) is 2.97. The molecule has 0 spiro atoms. The molecule has 2 N–H and O–H groups in total. The fraction of sp³-hybridized carbons (Fsp3) is 0.455. The zero-order valence-electron chi connectivity index (χ0n) is 9.05. The van der Waals surface area contributed by atoms with Crippen LogP contribution in [0.2, 0.25) is 0 Å². The van der Waals surface area contributed by atoms with E-state index in [1.165, 1.54) is 7.11 Å². The minimum atomic E-state index is -0.740. The molecule has 0 radical (unpaired) electrons. The topological polar surface area (TPSA) is 74.4 Å². The number of carbonyl (C=O) groups is 1. The van der Waals surface area contributed by atoms with Crippen molar-refractivity contribution in [3.63, 3.8) is 0 Å². The molecule has 2 rings (SSSR count). The molecule has 5 nitrogen and oxygen atoms in total. The number of pyridine rings is 1. The van der Waals surface area contributed by atoms with Crippen molar-refractivity contribution in [1.29, 1.82) is 0 Å². The van der Waals surface area contributed by atoms with Crippen molar-refractivity contribution in [3.05, 3.63) is 30.1 Å². The zero-order valence-corrected chi connectivity index (χ0v) is 9.05. The quantitative estimate of drug-likeness (QED) is 0.743. The largest absolute Gasteiger partial charge is 0.468 e. The van der Waals surface area contributed by atoms with Crippen molar-refractivity contribution < 1.29 is 14.3 Å². The second kappa shape index (κ2) is 4.19. The van der Waals surface area contributed by atoms with Gasteiger partial charge in [0.25, 0.3) is 0 Å². The van der Waals surface area contributed by atoms with Gasteiger partial charge in [-0.05, 0) is 17.7 Å². The first-order chi connectivity index (χ1) is 7.70. The van der Waals surface area contributed by atoms with Crippen LogP contribution in [0.4, 0.5) is 0 Å². The Morgan fingerprint density at radius 2 is 2.19 bits per heavy atom. The second-order valence-electron chi connectivity index (χ2n) is 3.90. The average molecular weight is 222 g/mol. The lowest BCUT2D eigenvalue weighted by Gasteiger charge is -2.42. The first kappa shape index (κ1) is 11.0. The molecule has 1 fully saturated rings.